The van der Waals surface area contributed by atoms with E-state index < -0.39 is 0 Å². The largest absolute Gasteiger partial charge is 0.465 e. The van der Waals surface area contributed by atoms with Crippen molar-refractivity contribution in [3.63, 3.8) is 0 Å². The van der Waals surface area contributed by atoms with Crippen molar-refractivity contribution in [3.05, 3.63) is 0 Å². The van der Waals surface area contributed by atoms with Gasteiger partial charge in [0.1, 0.15) is 6.54 Å². The van der Waals surface area contributed by atoms with E-state index in [1.807, 2.05) is 6.92 Å². The molecule has 0 aromatic carbocycles. The van der Waals surface area contributed by atoms with Gasteiger partial charge in [0, 0.05) is 13.0 Å². The Morgan fingerprint density at radius 2 is 1.76 bits per heavy atom. The van der Waals surface area contributed by atoms with Gasteiger partial charge < -0.3 is 9.64 Å². The molecule has 0 aromatic rings. The molecule has 0 saturated heterocycles. The average Bonchev–Trinajstić information content (AvgIpc) is 2.29. The Hall–Kier alpha value is -1.06. The van der Waals surface area contributed by atoms with Crippen molar-refractivity contribution in [1.29, 1.82) is 0 Å². The van der Waals surface area contributed by atoms with Gasteiger partial charge in [-0.25, -0.2) is 0 Å². The van der Waals surface area contributed by atoms with Crippen LogP contribution in [0.1, 0.15) is 52.9 Å². The fourth-order valence-electron chi connectivity index (χ4n) is 1.61. The molecule has 0 aliphatic rings. The number of hydrogen-bond donors (Lipinski definition) is 0. The third-order valence-corrected chi connectivity index (χ3v) is 2.47. The van der Waals surface area contributed by atoms with Crippen molar-refractivity contribution >= 4 is 11.9 Å². The van der Waals surface area contributed by atoms with E-state index in [0.717, 1.165) is 25.7 Å². The lowest BCUT2D eigenvalue weighted by atomic mass is 10.2. The standard InChI is InChI=1S/C13H25NO3/c1-4-7-8-9-12(15)14(10-5-2)11-13(16)17-6-3/h4-11H2,1-3H3. The summed E-state index contributed by atoms with van der Waals surface area (Å²) in [5.41, 5.74) is 0. The Kier molecular flexibility index (Phi) is 9.49. The monoisotopic (exact) mass is 243 g/mol. The SMILES string of the molecule is CCCCCC(=O)N(CCC)CC(=O)OCC. The first-order valence-corrected chi connectivity index (χ1v) is 6.59. The minimum Gasteiger partial charge on any atom is -0.465 e. The minimum absolute atomic E-state index is 0.0633. The molecular formula is C13H25NO3. The van der Waals surface area contributed by atoms with Crippen molar-refractivity contribution < 1.29 is 14.3 Å². The Bertz CT molecular complexity index is 229. The van der Waals surface area contributed by atoms with Crippen molar-refractivity contribution in [2.24, 2.45) is 0 Å². The molecule has 0 spiro atoms. The van der Waals surface area contributed by atoms with Crippen molar-refractivity contribution in [1.82, 2.24) is 4.90 Å². The van der Waals surface area contributed by atoms with E-state index in [2.05, 4.69) is 6.92 Å². The molecule has 0 saturated carbocycles. The molecule has 0 rings (SSSR count). The molecular weight excluding hydrogens is 218 g/mol. The predicted molar refractivity (Wildman–Crippen MR) is 67.6 cm³/mol. The fraction of sp³-hybridized carbons (Fsp3) is 0.846. The molecule has 0 aromatic heterocycles. The van der Waals surface area contributed by atoms with Gasteiger partial charge in [0.15, 0.2) is 0 Å². The second kappa shape index (κ2) is 10.1. The van der Waals surface area contributed by atoms with E-state index in [9.17, 15) is 9.59 Å². The Morgan fingerprint density at radius 3 is 2.29 bits per heavy atom. The van der Waals surface area contributed by atoms with Crippen LogP contribution >= 0.6 is 0 Å². The molecule has 4 heteroatoms. The van der Waals surface area contributed by atoms with Gasteiger partial charge in [-0.3, -0.25) is 9.59 Å². The smallest absolute Gasteiger partial charge is 0.325 e. The molecule has 0 N–H and O–H groups in total. The fourth-order valence-corrected chi connectivity index (χ4v) is 1.61. The molecule has 1 amide bonds. The Balaban J connectivity index is 4.10. The normalized spacial score (nSPS) is 10.1. The average molecular weight is 243 g/mol. The lowest BCUT2D eigenvalue weighted by Crippen LogP contribution is -2.36. The molecule has 0 heterocycles. The first-order valence-electron chi connectivity index (χ1n) is 6.59. The third kappa shape index (κ3) is 7.77. The summed E-state index contributed by atoms with van der Waals surface area (Å²) in [6.45, 7) is 6.95. The van der Waals surface area contributed by atoms with Crippen LogP contribution in [0.2, 0.25) is 0 Å². The van der Waals surface area contributed by atoms with Crippen molar-refractivity contribution in [2.75, 3.05) is 19.7 Å². The number of unbranched alkanes of at least 4 members (excludes halogenated alkanes) is 2. The molecule has 0 unspecified atom stereocenters. The van der Waals surface area contributed by atoms with Gasteiger partial charge in [0.05, 0.1) is 6.61 Å². The summed E-state index contributed by atoms with van der Waals surface area (Å²) >= 11 is 0. The summed E-state index contributed by atoms with van der Waals surface area (Å²) in [5.74, 6) is -0.252. The molecule has 0 bridgehead atoms. The highest BCUT2D eigenvalue weighted by molar-refractivity contribution is 5.82. The van der Waals surface area contributed by atoms with Crippen LogP contribution in [0.5, 0.6) is 0 Å². The number of nitrogens with zero attached hydrogens (tertiary/aromatic N) is 1. The van der Waals surface area contributed by atoms with Crippen molar-refractivity contribution in [2.45, 2.75) is 52.9 Å². The quantitative estimate of drug-likeness (QED) is 0.461. The number of esters is 1. The van der Waals surface area contributed by atoms with Gasteiger partial charge in [-0.05, 0) is 19.8 Å². The van der Waals surface area contributed by atoms with Gasteiger partial charge >= 0.3 is 5.97 Å². The Labute approximate surface area is 104 Å². The highest BCUT2D eigenvalue weighted by Gasteiger charge is 2.16. The van der Waals surface area contributed by atoms with E-state index in [4.69, 9.17) is 4.74 Å². The maximum atomic E-state index is 11.9. The maximum absolute atomic E-state index is 11.9. The van der Waals surface area contributed by atoms with Crippen LogP contribution in [0.4, 0.5) is 0 Å². The first kappa shape index (κ1) is 15.9. The molecule has 0 atom stereocenters. The maximum Gasteiger partial charge on any atom is 0.325 e. The second-order valence-corrected chi connectivity index (χ2v) is 4.08. The molecule has 0 radical (unpaired) electrons. The van der Waals surface area contributed by atoms with Gasteiger partial charge in [0.25, 0.3) is 0 Å². The number of rotatable bonds is 9. The molecule has 100 valence electrons. The minimum atomic E-state index is -0.315. The summed E-state index contributed by atoms with van der Waals surface area (Å²) in [5, 5.41) is 0. The number of hydrogen-bond acceptors (Lipinski definition) is 3. The lowest BCUT2D eigenvalue weighted by molar-refractivity contribution is -0.149. The lowest BCUT2D eigenvalue weighted by Gasteiger charge is -2.21. The molecule has 0 fully saturated rings. The zero-order valence-corrected chi connectivity index (χ0v) is 11.3. The van der Waals surface area contributed by atoms with Crippen LogP contribution in [-0.2, 0) is 14.3 Å². The number of carbonyl (C=O) groups is 2. The predicted octanol–water partition coefficient (Wildman–Crippen LogP) is 2.37. The van der Waals surface area contributed by atoms with E-state index in [1.54, 1.807) is 11.8 Å². The van der Waals surface area contributed by atoms with Crippen LogP contribution in [-0.4, -0.2) is 36.5 Å². The molecule has 0 aliphatic carbocycles. The number of ether oxygens (including phenoxy) is 1. The molecule has 4 nitrogen and oxygen atoms in total. The number of carbonyl (C=O) groups excluding carboxylic acids is 2. The van der Waals surface area contributed by atoms with E-state index in [-0.39, 0.29) is 18.4 Å². The van der Waals surface area contributed by atoms with Gasteiger partial charge in [-0.1, -0.05) is 26.7 Å². The summed E-state index contributed by atoms with van der Waals surface area (Å²) < 4.78 is 4.86. The Morgan fingerprint density at radius 1 is 1.06 bits per heavy atom. The highest BCUT2D eigenvalue weighted by atomic mass is 16.5. The number of amides is 1. The van der Waals surface area contributed by atoms with Crippen LogP contribution in [0.3, 0.4) is 0 Å². The topological polar surface area (TPSA) is 46.6 Å². The van der Waals surface area contributed by atoms with Crippen LogP contribution in [0.25, 0.3) is 0 Å². The summed E-state index contributed by atoms with van der Waals surface area (Å²) in [7, 11) is 0. The highest BCUT2D eigenvalue weighted by Crippen LogP contribution is 2.04. The van der Waals surface area contributed by atoms with Crippen molar-refractivity contribution in [3.8, 4) is 0 Å². The summed E-state index contributed by atoms with van der Waals surface area (Å²) in [6.07, 6.45) is 4.45. The first-order chi connectivity index (χ1) is 8.15. The zero-order valence-electron chi connectivity index (χ0n) is 11.3. The summed E-state index contributed by atoms with van der Waals surface area (Å²) in [4.78, 5) is 24.8. The van der Waals surface area contributed by atoms with Gasteiger partial charge in [0.2, 0.25) is 5.91 Å². The van der Waals surface area contributed by atoms with E-state index in [0.29, 0.717) is 19.6 Å². The van der Waals surface area contributed by atoms with Gasteiger partial charge in [-0.2, -0.15) is 0 Å². The van der Waals surface area contributed by atoms with E-state index in [1.165, 1.54) is 0 Å². The summed E-state index contributed by atoms with van der Waals surface area (Å²) in [6, 6.07) is 0. The van der Waals surface area contributed by atoms with Crippen LogP contribution in [0, 0.1) is 0 Å². The third-order valence-electron chi connectivity index (χ3n) is 2.47. The van der Waals surface area contributed by atoms with Gasteiger partial charge in [-0.15, -0.1) is 0 Å². The van der Waals surface area contributed by atoms with Crippen LogP contribution in [0.15, 0.2) is 0 Å². The molecule has 17 heavy (non-hydrogen) atoms. The van der Waals surface area contributed by atoms with Crippen LogP contribution < -0.4 is 0 Å². The molecule has 0 aliphatic heterocycles. The second-order valence-electron chi connectivity index (χ2n) is 4.08. The van der Waals surface area contributed by atoms with E-state index >= 15 is 0 Å². The zero-order chi connectivity index (χ0) is 13.1.